The second-order valence-corrected chi connectivity index (χ2v) is 4.94. The molecule has 90 valence electrons. The summed E-state index contributed by atoms with van der Waals surface area (Å²) in [6.45, 7) is 8.69. The lowest BCUT2D eigenvalue weighted by molar-refractivity contribution is 0.775. The van der Waals surface area contributed by atoms with E-state index in [1.807, 2.05) is 12.1 Å². The highest BCUT2D eigenvalue weighted by atomic mass is 15.0. The number of aromatic nitrogens is 1. The SMILES string of the molecule is Cc1ccc(N)cc1-n1c(C)ccc1C(C)C. The second kappa shape index (κ2) is 4.28. The number of nitrogens with two attached hydrogens (primary N) is 1. The first-order valence-electron chi connectivity index (χ1n) is 6.05. The van der Waals surface area contributed by atoms with Gasteiger partial charge in [-0.05, 0) is 49.6 Å². The molecule has 0 saturated carbocycles. The van der Waals surface area contributed by atoms with E-state index < -0.39 is 0 Å². The first-order chi connectivity index (χ1) is 8.00. The van der Waals surface area contributed by atoms with Crippen molar-refractivity contribution < 1.29 is 0 Å². The lowest BCUT2D eigenvalue weighted by Gasteiger charge is -2.17. The van der Waals surface area contributed by atoms with E-state index >= 15 is 0 Å². The number of rotatable bonds is 2. The molecule has 17 heavy (non-hydrogen) atoms. The highest BCUT2D eigenvalue weighted by Gasteiger charge is 2.12. The molecule has 2 aromatic rings. The van der Waals surface area contributed by atoms with Crippen LogP contribution in [-0.2, 0) is 0 Å². The molecule has 0 fully saturated rings. The van der Waals surface area contributed by atoms with Crippen molar-refractivity contribution in [1.29, 1.82) is 0 Å². The molecule has 0 aliphatic rings. The molecule has 0 unspecified atom stereocenters. The van der Waals surface area contributed by atoms with Gasteiger partial charge in [0, 0.05) is 17.1 Å². The van der Waals surface area contributed by atoms with Gasteiger partial charge in [-0.2, -0.15) is 0 Å². The summed E-state index contributed by atoms with van der Waals surface area (Å²) in [6, 6.07) is 10.4. The summed E-state index contributed by atoms with van der Waals surface area (Å²) in [5.74, 6) is 0.504. The van der Waals surface area contributed by atoms with Crippen molar-refractivity contribution in [3.05, 3.63) is 47.3 Å². The molecule has 1 aromatic carbocycles. The van der Waals surface area contributed by atoms with Crippen LogP contribution in [0.5, 0.6) is 0 Å². The maximum absolute atomic E-state index is 5.90. The predicted octanol–water partition coefficient (Wildman–Crippen LogP) is 3.80. The third-order valence-electron chi connectivity index (χ3n) is 3.17. The standard InChI is InChI=1S/C15H20N2/c1-10(2)14-8-6-12(4)17(14)15-9-13(16)7-5-11(15)3/h5-10H,16H2,1-4H3. The molecular weight excluding hydrogens is 208 g/mol. The lowest BCUT2D eigenvalue weighted by Crippen LogP contribution is -2.06. The van der Waals surface area contributed by atoms with E-state index in [0.717, 1.165) is 5.69 Å². The van der Waals surface area contributed by atoms with Crippen molar-refractivity contribution in [3.8, 4) is 5.69 Å². The van der Waals surface area contributed by atoms with Crippen molar-refractivity contribution in [2.75, 3.05) is 5.73 Å². The fraction of sp³-hybridized carbons (Fsp3) is 0.333. The molecule has 2 heteroatoms. The van der Waals surface area contributed by atoms with Crippen LogP contribution in [0.4, 0.5) is 5.69 Å². The Morgan fingerprint density at radius 2 is 1.76 bits per heavy atom. The fourth-order valence-electron chi connectivity index (χ4n) is 2.21. The monoisotopic (exact) mass is 228 g/mol. The highest BCUT2D eigenvalue weighted by molar-refractivity contribution is 5.54. The second-order valence-electron chi connectivity index (χ2n) is 4.94. The van der Waals surface area contributed by atoms with Crippen LogP contribution >= 0.6 is 0 Å². The Bertz CT molecular complexity index is 536. The number of aryl methyl sites for hydroxylation is 2. The zero-order valence-electron chi connectivity index (χ0n) is 11.0. The maximum Gasteiger partial charge on any atom is 0.0504 e. The molecule has 0 radical (unpaired) electrons. The van der Waals surface area contributed by atoms with Crippen LogP contribution < -0.4 is 5.73 Å². The Balaban J connectivity index is 2.67. The van der Waals surface area contributed by atoms with Crippen molar-refractivity contribution in [1.82, 2.24) is 4.57 Å². The van der Waals surface area contributed by atoms with Crippen LogP contribution in [0.1, 0.15) is 36.7 Å². The topological polar surface area (TPSA) is 30.9 Å². The molecule has 2 rings (SSSR count). The van der Waals surface area contributed by atoms with Crippen molar-refractivity contribution >= 4 is 5.69 Å². The number of benzene rings is 1. The van der Waals surface area contributed by atoms with E-state index in [0.29, 0.717) is 5.92 Å². The maximum atomic E-state index is 5.90. The number of nitrogen functional groups attached to an aromatic ring is 1. The van der Waals surface area contributed by atoms with Gasteiger partial charge in [0.1, 0.15) is 0 Å². The minimum atomic E-state index is 0.504. The molecule has 0 atom stereocenters. The summed E-state index contributed by atoms with van der Waals surface area (Å²) in [7, 11) is 0. The predicted molar refractivity (Wildman–Crippen MR) is 73.7 cm³/mol. The third kappa shape index (κ3) is 2.07. The Kier molecular flexibility index (Phi) is 2.97. The molecule has 1 aromatic heterocycles. The lowest BCUT2D eigenvalue weighted by atomic mass is 10.1. The van der Waals surface area contributed by atoms with E-state index in [1.54, 1.807) is 0 Å². The molecule has 0 amide bonds. The molecule has 0 saturated heterocycles. The van der Waals surface area contributed by atoms with Crippen molar-refractivity contribution in [2.45, 2.75) is 33.6 Å². The quantitative estimate of drug-likeness (QED) is 0.779. The molecule has 2 nitrogen and oxygen atoms in total. The largest absolute Gasteiger partial charge is 0.399 e. The van der Waals surface area contributed by atoms with Crippen LogP contribution in [0, 0.1) is 13.8 Å². The summed E-state index contributed by atoms with van der Waals surface area (Å²) in [5.41, 5.74) is 11.7. The van der Waals surface area contributed by atoms with Gasteiger partial charge in [-0.25, -0.2) is 0 Å². The summed E-state index contributed by atoms with van der Waals surface area (Å²) in [6.07, 6.45) is 0. The Morgan fingerprint density at radius 3 is 2.41 bits per heavy atom. The van der Waals surface area contributed by atoms with Gasteiger partial charge < -0.3 is 10.3 Å². The van der Waals surface area contributed by atoms with Crippen LogP contribution in [0.3, 0.4) is 0 Å². The minimum Gasteiger partial charge on any atom is -0.399 e. The summed E-state index contributed by atoms with van der Waals surface area (Å²) in [5, 5.41) is 0. The first kappa shape index (κ1) is 11.8. The van der Waals surface area contributed by atoms with Gasteiger partial charge in [0.25, 0.3) is 0 Å². The van der Waals surface area contributed by atoms with Gasteiger partial charge in [-0.15, -0.1) is 0 Å². The third-order valence-corrected chi connectivity index (χ3v) is 3.17. The van der Waals surface area contributed by atoms with E-state index in [4.69, 9.17) is 5.73 Å². The number of hydrogen-bond acceptors (Lipinski definition) is 1. The zero-order chi connectivity index (χ0) is 12.6. The minimum absolute atomic E-state index is 0.504. The average molecular weight is 228 g/mol. The molecule has 0 spiro atoms. The van der Waals surface area contributed by atoms with Crippen molar-refractivity contribution in [3.63, 3.8) is 0 Å². The fourth-order valence-corrected chi connectivity index (χ4v) is 2.21. The number of anilines is 1. The van der Waals surface area contributed by atoms with Gasteiger partial charge in [0.2, 0.25) is 0 Å². The Labute approximate surface area is 103 Å². The molecule has 2 N–H and O–H groups in total. The van der Waals surface area contributed by atoms with E-state index in [9.17, 15) is 0 Å². The number of hydrogen-bond donors (Lipinski definition) is 1. The van der Waals surface area contributed by atoms with Crippen LogP contribution in [-0.4, -0.2) is 4.57 Å². The van der Waals surface area contributed by atoms with Crippen LogP contribution in [0.25, 0.3) is 5.69 Å². The highest BCUT2D eigenvalue weighted by Crippen LogP contribution is 2.26. The summed E-state index contributed by atoms with van der Waals surface area (Å²) < 4.78 is 2.30. The molecule has 0 aliphatic heterocycles. The molecular formula is C15H20N2. The van der Waals surface area contributed by atoms with Gasteiger partial charge in [-0.3, -0.25) is 0 Å². The van der Waals surface area contributed by atoms with Crippen molar-refractivity contribution in [2.24, 2.45) is 0 Å². The van der Waals surface area contributed by atoms with Gasteiger partial charge in [0.15, 0.2) is 0 Å². The van der Waals surface area contributed by atoms with Gasteiger partial charge >= 0.3 is 0 Å². The molecule has 0 aliphatic carbocycles. The molecule has 0 bridgehead atoms. The average Bonchev–Trinajstić information content (AvgIpc) is 2.64. The first-order valence-corrected chi connectivity index (χ1v) is 6.05. The smallest absolute Gasteiger partial charge is 0.0504 e. The van der Waals surface area contributed by atoms with Gasteiger partial charge in [-0.1, -0.05) is 19.9 Å². The Hall–Kier alpha value is -1.70. The van der Waals surface area contributed by atoms with Gasteiger partial charge in [0.05, 0.1) is 5.69 Å². The summed E-state index contributed by atoms with van der Waals surface area (Å²) >= 11 is 0. The van der Waals surface area contributed by atoms with Crippen LogP contribution in [0.2, 0.25) is 0 Å². The van der Waals surface area contributed by atoms with E-state index in [-0.39, 0.29) is 0 Å². The van der Waals surface area contributed by atoms with E-state index in [1.165, 1.54) is 22.6 Å². The normalized spacial score (nSPS) is 11.1. The zero-order valence-corrected chi connectivity index (χ0v) is 11.0. The summed E-state index contributed by atoms with van der Waals surface area (Å²) in [4.78, 5) is 0. The van der Waals surface area contributed by atoms with E-state index in [2.05, 4.69) is 50.5 Å². The number of nitrogens with zero attached hydrogens (tertiary/aromatic N) is 1. The van der Waals surface area contributed by atoms with Crippen LogP contribution in [0.15, 0.2) is 30.3 Å². The Morgan fingerprint density at radius 1 is 1.06 bits per heavy atom. The molecule has 1 heterocycles.